The molecule has 8 heteroatoms. The number of hydrogen-bond donors (Lipinski definition) is 3. The van der Waals surface area contributed by atoms with E-state index in [1.807, 2.05) is 0 Å². The Labute approximate surface area is 96.6 Å². The molecule has 2 rings (SSSR count). The van der Waals surface area contributed by atoms with Gasteiger partial charge in [-0.25, -0.2) is 18.1 Å². The van der Waals surface area contributed by atoms with Gasteiger partial charge in [-0.2, -0.15) is 0 Å². The van der Waals surface area contributed by atoms with Gasteiger partial charge in [0.1, 0.15) is 4.21 Å². The zero-order chi connectivity index (χ0) is 11.6. The summed E-state index contributed by atoms with van der Waals surface area (Å²) in [5.74, 6) is 0.197. The maximum absolute atomic E-state index is 11.8. The molecule has 0 aliphatic rings. The van der Waals surface area contributed by atoms with Crippen molar-refractivity contribution in [3.05, 3.63) is 29.4 Å². The van der Waals surface area contributed by atoms with Gasteiger partial charge in [0.25, 0.3) is 10.0 Å². The number of rotatable bonds is 4. The second kappa shape index (κ2) is 4.24. The van der Waals surface area contributed by atoms with Crippen LogP contribution in [0.1, 0.15) is 4.88 Å². The summed E-state index contributed by atoms with van der Waals surface area (Å²) in [6.07, 6.45) is 3.01. The van der Waals surface area contributed by atoms with Crippen LogP contribution in [-0.2, 0) is 16.6 Å². The molecule has 2 heterocycles. The van der Waals surface area contributed by atoms with Gasteiger partial charge in [0.15, 0.2) is 0 Å². The van der Waals surface area contributed by atoms with E-state index in [1.54, 1.807) is 6.07 Å². The molecule has 4 N–H and O–H groups in total. The van der Waals surface area contributed by atoms with Crippen molar-refractivity contribution in [3.8, 4) is 0 Å². The molecule has 0 spiro atoms. The number of thiophene rings is 1. The Bertz CT molecular complexity index is 559. The normalized spacial score (nSPS) is 11.6. The topological polar surface area (TPSA) is 101 Å². The van der Waals surface area contributed by atoms with Crippen molar-refractivity contribution in [3.63, 3.8) is 0 Å². The van der Waals surface area contributed by atoms with E-state index in [4.69, 9.17) is 5.73 Å². The lowest BCUT2D eigenvalue weighted by Crippen LogP contribution is -2.12. The minimum atomic E-state index is -3.55. The molecule has 16 heavy (non-hydrogen) atoms. The molecule has 0 aliphatic heterocycles. The van der Waals surface area contributed by atoms with Gasteiger partial charge in [-0.15, -0.1) is 11.3 Å². The molecular formula is C8H10N4O2S2. The second-order valence-corrected chi connectivity index (χ2v) is 6.05. The van der Waals surface area contributed by atoms with Gasteiger partial charge in [0.05, 0.1) is 0 Å². The lowest BCUT2D eigenvalue weighted by atomic mass is 10.5. The van der Waals surface area contributed by atoms with Crippen LogP contribution < -0.4 is 10.5 Å². The number of imidazole rings is 1. The second-order valence-electron chi connectivity index (χ2n) is 2.97. The van der Waals surface area contributed by atoms with Gasteiger partial charge >= 0.3 is 0 Å². The van der Waals surface area contributed by atoms with Crippen LogP contribution >= 0.6 is 11.3 Å². The Morgan fingerprint density at radius 1 is 1.50 bits per heavy atom. The van der Waals surface area contributed by atoms with Crippen molar-refractivity contribution in [1.82, 2.24) is 9.97 Å². The highest BCUT2D eigenvalue weighted by Gasteiger charge is 2.17. The monoisotopic (exact) mass is 258 g/mol. The molecular weight excluding hydrogens is 248 g/mol. The summed E-state index contributed by atoms with van der Waals surface area (Å²) >= 11 is 1.14. The summed E-state index contributed by atoms with van der Waals surface area (Å²) in [7, 11) is -3.55. The van der Waals surface area contributed by atoms with Gasteiger partial charge in [0.2, 0.25) is 5.95 Å². The molecule has 0 bridgehead atoms. The average Bonchev–Trinajstić information content (AvgIpc) is 2.85. The largest absolute Gasteiger partial charge is 0.330 e. The SMILES string of the molecule is NCc1ccc(S(=O)(=O)Nc2ncc[nH]2)s1. The van der Waals surface area contributed by atoms with Crippen molar-refractivity contribution in [2.45, 2.75) is 10.8 Å². The minimum absolute atomic E-state index is 0.197. The lowest BCUT2D eigenvalue weighted by molar-refractivity contribution is 0.603. The quantitative estimate of drug-likeness (QED) is 0.752. The van der Waals surface area contributed by atoms with E-state index in [-0.39, 0.29) is 10.2 Å². The fraction of sp³-hybridized carbons (Fsp3) is 0.125. The van der Waals surface area contributed by atoms with E-state index in [0.717, 1.165) is 16.2 Å². The highest BCUT2D eigenvalue weighted by molar-refractivity contribution is 7.94. The first kappa shape index (κ1) is 11.1. The molecule has 0 saturated carbocycles. The number of nitrogens with two attached hydrogens (primary N) is 1. The Balaban J connectivity index is 2.25. The fourth-order valence-electron chi connectivity index (χ4n) is 1.11. The van der Waals surface area contributed by atoms with Crippen LogP contribution in [0.4, 0.5) is 5.95 Å². The van der Waals surface area contributed by atoms with Crippen LogP contribution in [0.15, 0.2) is 28.7 Å². The smallest absolute Gasteiger partial charge is 0.273 e. The summed E-state index contributed by atoms with van der Waals surface area (Å²) in [6.45, 7) is 0.334. The van der Waals surface area contributed by atoms with Gasteiger partial charge < -0.3 is 10.7 Å². The number of nitrogens with zero attached hydrogens (tertiary/aromatic N) is 1. The highest BCUT2D eigenvalue weighted by atomic mass is 32.2. The first-order valence-corrected chi connectivity index (χ1v) is 6.73. The Morgan fingerprint density at radius 2 is 2.31 bits per heavy atom. The average molecular weight is 258 g/mol. The Hall–Kier alpha value is -1.38. The number of hydrogen-bond acceptors (Lipinski definition) is 5. The zero-order valence-corrected chi connectivity index (χ0v) is 9.81. The number of H-pyrrole nitrogens is 1. The van der Waals surface area contributed by atoms with Crippen LogP contribution in [0.25, 0.3) is 0 Å². The number of anilines is 1. The van der Waals surface area contributed by atoms with Gasteiger partial charge in [-0.3, -0.25) is 0 Å². The predicted octanol–water partition coefficient (Wildman–Crippen LogP) is 0.731. The van der Waals surface area contributed by atoms with Gasteiger partial charge in [-0.1, -0.05) is 0 Å². The maximum Gasteiger partial charge on any atom is 0.273 e. The van der Waals surface area contributed by atoms with Crippen LogP contribution in [0.3, 0.4) is 0 Å². The van der Waals surface area contributed by atoms with Crippen LogP contribution in [0.5, 0.6) is 0 Å². The molecule has 0 fully saturated rings. The molecule has 2 aromatic heterocycles. The molecule has 0 radical (unpaired) electrons. The zero-order valence-electron chi connectivity index (χ0n) is 8.17. The number of aromatic nitrogens is 2. The van der Waals surface area contributed by atoms with Crippen LogP contribution in [-0.4, -0.2) is 18.4 Å². The van der Waals surface area contributed by atoms with E-state index in [2.05, 4.69) is 14.7 Å². The molecule has 0 unspecified atom stereocenters. The van der Waals surface area contributed by atoms with Crippen molar-refractivity contribution >= 4 is 27.3 Å². The Kier molecular flexibility index (Phi) is 2.95. The first-order chi connectivity index (χ1) is 7.62. The van der Waals surface area contributed by atoms with E-state index < -0.39 is 10.0 Å². The number of sulfonamides is 1. The molecule has 0 aliphatic carbocycles. The molecule has 0 amide bonds. The summed E-state index contributed by atoms with van der Waals surface area (Å²) in [6, 6.07) is 3.22. The third-order valence-electron chi connectivity index (χ3n) is 1.83. The molecule has 0 aromatic carbocycles. The van der Waals surface area contributed by atoms with Crippen LogP contribution in [0.2, 0.25) is 0 Å². The van der Waals surface area contributed by atoms with E-state index >= 15 is 0 Å². The van der Waals surface area contributed by atoms with E-state index in [0.29, 0.717) is 6.54 Å². The molecule has 6 nitrogen and oxygen atoms in total. The predicted molar refractivity (Wildman–Crippen MR) is 61.6 cm³/mol. The first-order valence-electron chi connectivity index (χ1n) is 4.43. The van der Waals surface area contributed by atoms with Crippen molar-refractivity contribution < 1.29 is 8.42 Å². The van der Waals surface area contributed by atoms with Crippen molar-refractivity contribution in [2.75, 3.05) is 4.72 Å². The highest BCUT2D eigenvalue weighted by Crippen LogP contribution is 2.22. The standard InChI is InChI=1S/C8H10N4O2S2/c9-5-6-1-2-7(15-6)16(13,14)12-8-10-3-4-11-8/h1-4H,5,9H2,(H2,10,11,12). The van der Waals surface area contributed by atoms with E-state index in [9.17, 15) is 8.42 Å². The fourth-order valence-corrected chi connectivity index (χ4v) is 3.32. The molecule has 0 saturated heterocycles. The van der Waals surface area contributed by atoms with E-state index in [1.165, 1.54) is 18.5 Å². The maximum atomic E-state index is 11.8. The van der Waals surface area contributed by atoms with Crippen LogP contribution in [0, 0.1) is 0 Å². The lowest BCUT2D eigenvalue weighted by Gasteiger charge is -2.01. The number of nitrogens with one attached hydrogen (secondary N) is 2. The molecule has 2 aromatic rings. The van der Waals surface area contributed by atoms with Gasteiger partial charge in [0, 0.05) is 23.8 Å². The summed E-state index contributed by atoms with van der Waals surface area (Å²) in [5, 5.41) is 0. The third kappa shape index (κ3) is 2.23. The summed E-state index contributed by atoms with van der Waals surface area (Å²) in [4.78, 5) is 7.27. The molecule has 86 valence electrons. The van der Waals surface area contributed by atoms with Gasteiger partial charge in [-0.05, 0) is 12.1 Å². The van der Waals surface area contributed by atoms with Crippen molar-refractivity contribution in [2.24, 2.45) is 5.73 Å². The minimum Gasteiger partial charge on any atom is -0.330 e. The molecule has 0 atom stereocenters. The summed E-state index contributed by atoms with van der Waals surface area (Å²) in [5.41, 5.74) is 5.42. The third-order valence-corrected chi connectivity index (χ3v) is 4.77. The van der Waals surface area contributed by atoms with Crippen molar-refractivity contribution in [1.29, 1.82) is 0 Å². The Morgan fingerprint density at radius 3 is 2.88 bits per heavy atom. The number of aromatic amines is 1. The summed E-state index contributed by atoms with van der Waals surface area (Å²) < 4.78 is 26.2.